The predicted octanol–water partition coefficient (Wildman–Crippen LogP) is 3.23. The molecule has 0 aliphatic heterocycles. The molecule has 2 aromatic carbocycles. The zero-order chi connectivity index (χ0) is 14.4. The van der Waals surface area contributed by atoms with Crippen LogP contribution in [-0.4, -0.2) is 19.6 Å². The second-order valence-corrected chi connectivity index (χ2v) is 4.72. The lowest BCUT2D eigenvalue weighted by Gasteiger charge is -2.14. The van der Waals surface area contributed by atoms with E-state index in [0.717, 1.165) is 0 Å². The van der Waals surface area contributed by atoms with Crippen molar-refractivity contribution < 1.29 is 9.53 Å². The van der Waals surface area contributed by atoms with Crippen LogP contribution in [0.2, 0.25) is 0 Å². The van der Waals surface area contributed by atoms with Gasteiger partial charge >= 0.3 is 0 Å². The van der Waals surface area contributed by atoms with E-state index in [1.54, 1.807) is 19.2 Å². The summed E-state index contributed by atoms with van der Waals surface area (Å²) in [6.07, 6.45) is 0. The van der Waals surface area contributed by atoms with Crippen molar-refractivity contribution in [3.63, 3.8) is 0 Å². The normalized spacial score (nSPS) is 11.7. The third-order valence-corrected chi connectivity index (χ3v) is 3.29. The Balaban J connectivity index is 1.99. The predicted molar refractivity (Wildman–Crippen MR) is 80.2 cm³/mol. The van der Waals surface area contributed by atoms with Crippen LogP contribution in [0.1, 0.15) is 28.8 Å². The van der Waals surface area contributed by atoms with Gasteiger partial charge in [-0.1, -0.05) is 49.4 Å². The number of carbonyl (C=O) groups excluding carboxylic acids is 1. The molecule has 0 fully saturated rings. The van der Waals surface area contributed by atoms with Crippen LogP contribution in [0.3, 0.4) is 0 Å². The molecule has 0 saturated heterocycles. The van der Waals surface area contributed by atoms with Crippen LogP contribution in [-0.2, 0) is 0 Å². The number of hydrogen-bond acceptors (Lipinski definition) is 2. The maximum atomic E-state index is 12.2. The highest BCUT2D eigenvalue weighted by Gasteiger charge is 2.12. The standard InChI is InChI=1S/C17H19NO2/c1-13(14-8-4-3-5-9-14)12-18-17(19)15-10-6-7-11-16(15)20-2/h3-11,13H,12H2,1-2H3,(H,18,19)/t13-/m1/s1. The van der Waals surface area contributed by atoms with Crippen molar-refractivity contribution in [1.29, 1.82) is 0 Å². The SMILES string of the molecule is COc1ccccc1C(=O)NC[C@@H](C)c1ccccc1. The summed E-state index contributed by atoms with van der Waals surface area (Å²) in [5, 5.41) is 2.95. The molecule has 0 spiro atoms. The van der Waals surface area contributed by atoms with Crippen LogP contribution in [0, 0.1) is 0 Å². The lowest BCUT2D eigenvalue weighted by molar-refractivity contribution is 0.0948. The maximum Gasteiger partial charge on any atom is 0.255 e. The molecule has 0 radical (unpaired) electrons. The van der Waals surface area contributed by atoms with Gasteiger partial charge < -0.3 is 10.1 Å². The van der Waals surface area contributed by atoms with E-state index in [0.29, 0.717) is 17.9 Å². The Morgan fingerprint density at radius 2 is 1.75 bits per heavy atom. The average molecular weight is 269 g/mol. The van der Waals surface area contributed by atoms with Gasteiger partial charge in [0.05, 0.1) is 12.7 Å². The molecule has 2 rings (SSSR count). The number of nitrogens with one attached hydrogen (secondary N) is 1. The lowest BCUT2D eigenvalue weighted by atomic mass is 10.0. The van der Waals surface area contributed by atoms with Gasteiger partial charge in [-0.25, -0.2) is 0 Å². The van der Waals surface area contributed by atoms with Gasteiger partial charge in [-0.3, -0.25) is 4.79 Å². The van der Waals surface area contributed by atoms with Gasteiger partial charge in [0.1, 0.15) is 5.75 Å². The molecule has 1 atom stereocenters. The Bertz CT molecular complexity index is 566. The van der Waals surface area contributed by atoms with Crippen molar-refractivity contribution in [1.82, 2.24) is 5.32 Å². The average Bonchev–Trinajstić information content (AvgIpc) is 2.53. The second-order valence-electron chi connectivity index (χ2n) is 4.72. The highest BCUT2D eigenvalue weighted by Crippen LogP contribution is 2.18. The molecule has 0 aliphatic carbocycles. The van der Waals surface area contributed by atoms with Gasteiger partial charge in [-0.05, 0) is 23.6 Å². The summed E-state index contributed by atoms with van der Waals surface area (Å²) in [6.45, 7) is 2.69. The van der Waals surface area contributed by atoms with E-state index in [9.17, 15) is 4.79 Å². The lowest BCUT2D eigenvalue weighted by Crippen LogP contribution is -2.27. The molecular weight excluding hydrogens is 250 g/mol. The van der Waals surface area contributed by atoms with E-state index in [4.69, 9.17) is 4.74 Å². The van der Waals surface area contributed by atoms with Crippen LogP contribution in [0.5, 0.6) is 5.75 Å². The summed E-state index contributed by atoms with van der Waals surface area (Å²) in [7, 11) is 1.57. The van der Waals surface area contributed by atoms with Crippen molar-refractivity contribution in [2.75, 3.05) is 13.7 Å². The maximum absolute atomic E-state index is 12.2. The van der Waals surface area contributed by atoms with Gasteiger partial charge in [0.2, 0.25) is 0 Å². The topological polar surface area (TPSA) is 38.3 Å². The molecule has 0 saturated carbocycles. The van der Waals surface area contributed by atoms with Gasteiger partial charge in [0.15, 0.2) is 0 Å². The van der Waals surface area contributed by atoms with Crippen molar-refractivity contribution in [3.8, 4) is 5.75 Å². The Morgan fingerprint density at radius 1 is 1.10 bits per heavy atom. The van der Waals surface area contributed by atoms with Gasteiger partial charge in [-0.2, -0.15) is 0 Å². The number of ether oxygens (including phenoxy) is 1. The van der Waals surface area contributed by atoms with Gasteiger partial charge in [0, 0.05) is 6.54 Å². The third kappa shape index (κ3) is 3.38. The monoisotopic (exact) mass is 269 g/mol. The summed E-state index contributed by atoms with van der Waals surface area (Å²) in [5.41, 5.74) is 1.78. The summed E-state index contributed by atoms with van der Waals surface area (Å²) >= 11 is 0. The molecule has 0 bridgehead atoms. The molecule has 3 nitrogen and oxygen atoms in total. The van der Waals surface area contributed by atoms with Gasteiger partial charge in [-0.15, -0.1) is 0 Å². The van der Waals surface area contributed by atoms with Crippen molar-refractivity contribution in [2.45, 2.75) is 12.8 Å². The van der Waals surface area contributed by atoms with E-state index in [1.807, 2.05) is 30.3 Å². The van der Waals surface area contributed by atoms with Gasteiger partial charge in [0.25, 0.3) is 5.91 Å². The van der Waals surface area contributed by atoms with E-state index >= 15 is 0 Å². The van der Waals surface area contributed by atoms with E-state index in [1.165, 1.54) is 5.56 Å². The molecule has 104 valence electrons. The first-order valence-electron chi connectivity index (χ1n) is 6.68. The minimum Gasteiger partial charge on any atom is -0.496 e. The van der Waals surface area contributed by atoms with Crippen LogP contribution in [0.4, 0.5) is 0 Å². The number of hydrogen-bond donors (Lipinski definition) is 1. The number of para-hydroxylation sites is 1. The highest BCUT2D eigenvalue weighted by molar-refractivity contribution is 5.96. The molecule has 2 aromatic rings. The Hall–Kier alpha value is -2.29. The van der Waals surface area contributed by atoms with E-state index in [-0.39, 0.29) is 11.8 Å². The van der Waals surface area contributed by atoms with Crippen molar-refractivity contribution in [3.05, 3.63) is 65.7 Å². The summed E-state index contributed by atoms with van der Waals surface area (Å²) in [4.78, 5) is 12.2. The Kier molecular flexibility index (Phi) is 4.77. The summed E-state index contributed by atoms with van der Waals surface area (Å²) in [6, 6.07) is 17.4. The third-order valence-electron chi connectivity index (χ3n) is 3.29. The zero-order valence-corrected chi connectivity index (χ0v) is 11.8. The minimum absolute atomic E-state index is 0.106. The number of rotatable bonds is 5. The fourth-order valence-corrected chi connectivity index (χ4v) is 2.07. The number of carbonyl (C=O) groups is 1. The molecule has 0 aliphatic rings. The smallest absolute Gasteiger partial charge is 0.255 e. The van der Waals surface area contributed by atoms with E-state index < -0.39 is 0 Å². The second kappa shape index (κ2) is 6.75. The molecule has 1 N–H and O–H groups in total. The van der Waals surface area contributed by atoms with Crippen LogP contribution < -0.4 is 10.1 Å². The fraction of sp³-hybridized carbons (Fsp3) is 0.235. The zero-order valence-electron chi connectivity index (χ0n) is 11.8. The van der Waals surface area contributed by atoms with Crippen molar-refractivity contribution in [2.24, 2.45) is 0 Å². The Morgan fingerprint density at radius 3 is 2.45 bits per heavy atom. The molecule has 20 heavy (non-hydrogen) atoms. The van der Waals surface area contributed by atoms with E-state index in [2.05, 4.69) is 24.4 Å². The van der Waals surface area contributed by atoms with Crippen LogP contribution >= 0.6 is 0 Å². The minimum atomic E-state index is -0.106. The number of amides is 1. The summed E-state index contributed by atoms with van der Waals surface area (Å²) < 4.78 is 5.20. The first-order valence-corrected chi connectivity index (χ1v) is 6.68. The van der Waals surface area contributed by atoms with Crippen molar-refractivity contribution >= 4 is 5.91 Å². The first kappa shape index (κ1) is 14.1. The van der Waals surface area contributed by atoms with Crippen LogP contribution in [0.15, 0.2) is 54.6 Å². The fourth-order valence-electron chi connectivity index (χ4n) is 2.07. The number of benzene rings is 2. The molecular formula is C17H19NO2. The first-order chi connectivity index (χ1) is 9.72. The largest absolute Gasteiger partial charge is 0.496 e. The number of methoxy groups -OCH3 is 1. The molecule has 3 heteroatoms. The van der Waals surface area contributed by atoms with Crippen LogP contribution in [0.25, 0.3) is 0 Å². The Labute approximate surface area is 119 Å². The highest BCUT2D eigenvalue weighted by atomic mass is 16.5. The quantitative estimate of drug-likeness (QED) is 0.905. The molecule has 1 amide bonds. The molecule has 0 heterocycles. The summed E-state index contributed by atoms with van der Waals surface area (Å²) in [5.74, 6) is 0.762. The molecule has 0 aromatic heterocycles. The molecule has 0 unspecified atom stereocenters.